The summed E-state index contributed by atoms with van der Waals surface area (Å²) in [5, 5.41) is 3.19. The molecule has 0 amide bonds. The van der Waals surface area contributed by atoms with Gasteiger partial charge >= 0.3 is 8.80 Å². The summed E-state index contributed by atoms with van der Waals surface area (Å²) in [6.07, 6.45) is 0. The van der Waals surface area contributed by atoms with Crippen LogP contribution in [0.1, 0.15) is 27.7 Å². The summed E-state index contributed by atoms with van der Waals surface area (Å²) in [6, 6.07) is 1.17. The molecule has 0 fully saturated rings. The van der Waals surface area contributed by atoms with E-state index in [0.29, 0.717) is 25.9 Å². The van der Waals surface area contributed by atoms with Crippen molar-refractivity contribution in [3.05, 3.63) is 0 Å². The molecular weight excluding hydrogens is 210 g/mol. The van der Waals surface area contributed by atoms with Crippen molar-refractivity contribution in [3.63, 3.8) is 0 Å². The van der Waals surface area contributed by atoms with Crippen molar-refractivity contribution in [2.24, 2.45) is 0 Å². The minimum atomic E-state index is -2.44. The first-order chi connectivity index (χ1) is 7.14. The third-order valence-electron chi connectivity index (χ3n) is 2.14. The third kappa shape index (κ3) is 5.63. The van der Waals surface area contributed by atoms with E-state index in [1.54, 1.807) is 0 Å². The van der Waals surface area contributed by atoms with Crippen molar-refractivity contribution < 1.29 is 13.3 Å². The van der Waals surface area contributed by atoms with Crippen LogP contribution in [0.25, 0.3) is 0 Å². The largest absolute Gasteiger partial charge is 0.502 e. The molecule has 0 saturated carbocycles. The van der Waals surface area contributed by atoms with E-state index >= 15 is 0 Å². The predicted molar refractivity (Wildman–Crippen MR) is 64.0 cm³/mol. The number of hydrogen-bond donors (Lipinski definition) is 1. The van der Waals surface area contributed by atoms with E-state index in [1.807, 2.05) is 27.8 Å². The Balaban J connectivity index is 4.44. The lowest BCUT2D eigenvalue weighted by molar-refractivity contribution is 0.0693. The van der Waals surface area contributed by atoms with Crippen LogP contribution in [-0.2, 0) is 13.3 Å². The van der Waals surface area contributed by atoms with Gasteiger partial charge in [-0.25, -0.2) is 0 Å². The van der Waals surface area contributed by atoms with E-state index < -0.39 is 8.80 Å². The SMILES string of the molecule is CCO[Si](CC(C)NC)(OCC)OCC. The highest BCUT2D eigenvalue weighted by atomic mass is 28.4. The van der Waals surface area contributed by atoms with Crippen LogP contribution in [0.4, 0.5) is 0 Å². The smallest absolute Gasteiger partial charge is 0.374 e. The molecule has 0 aliphatic heterocycles. The lowest BCUT2D eigenvalue weighted by atomic mass is 10.4. The zero-order chi connectivity index (χ0) is 11.7. The van der Waals surface area contributed by atoms with Gasteiger partial charge in [-0.15, -0.1) is 0 Å². The highest BCUT2D eigenvalue weighted by Crippen LogP contribution is 2.17. The van der Waals surface area contributed by atoms with Crippen LogP contribution >= 0.6 is 0 Å². The molecule has 1 atom stereocenters. The molecule has 0 bridgehead atoms. The molecule has 0 rings (SSSR count). The van der Waals surface area contributed by atoms with Gasteiger partial charge in [-0.1, -0.05) is 0 Å². The number of hydrogen-bond acceptors (Lipinski definition) is 4. The summed E-state index contributed by atoms with van der Waals surface area (Å²) >= 11 is 0. The van der Waals surface area contributed by atoms with E-state index in [1.165, 1.54) is 0 Å². The van der Waals surface area contributed by atoms with Crippen molar-refractivity contribution in [1.29, 1.82) is 0 Å². The summed E-state index contributed by atoms with van der Waals surface area (Å²) in [5.74, 6) is 0. The van der Waals surface area contributed by atoms with Crippen molar-refractivity contribution in [2.45, 2.75) is 39.8 Å². The fraction of sp³-hybridized carbons (Fsp3) is 1.00. The molecule has 4 nitrogen and oxygen atoms in total. The predicted octanol–water partition coefficient (Wildman–Crippen LogP) is 1.64. The maximum absolute atomic E-state index is 5.74. The average Bonchev–Trinajstić information content (AvgIpc) is 2.18. The topological polar surface area (TPSA) is 39.7 Å². The highest BCUT2D eigenvalue weighted by Gasteiger charge is 2.41. The quantitative estimate of drug-likeness (QED) is 0.617. The Labute approximate surface area is 94.7 Å². The van der Waals surface area contributed by atoms with Crippen LogP contribution < -0.4 is 5.32 Å². The second kappa shape index (κ2) is 8.24. The summed E-state index contributed by atoms with van der Waals surface area (Å²) in [4.78, 5) is 0. The van der Waals surface area contributed by atoms with E-state index in [0.717, 1.165) is 6.04 Å². The second-order valence-corrected chi connectivity index (χ2v) is 6.02. The Kier molecular flexibility index (Phi) is 8.27. The summed E-state index contributed by atoms with van der Waals surface area (Å²) in [7, 11) is -0.504. The number of nitrogens with one attached hydrogen (secondary N) is 1. The van der Waals surface area contributed by atoms with E-state index in [4.69, 9.17) is 13.3 Å². The van der Waals surface area contributed by atoms with Crippen LogP contribution in [0.15, 0.2) is 0 Å². The molecular formula is C10H25NO3Si. The monoisotopic (exact) mass is 235 g/mol. The maximum atomic E-state index is 5.74. The Morgan fingerprint density at radius 1 is 1.00 bits per heavy atom. The molecule has 0 aliphatic rings. The Bertz CT molecular complexity index is 141. The van der Waals surface area contributed by atoms with Gasteiger partial charge in [0, 0.05) is 31.9 Å². The van der Waals surface area contributed by atoms with Gasteiger partial charge in [-0.05, 0) is 34.7 Å². The molecule has 0 saturated heterocycles. The molecule has 0 aromatic heterocycles. The maximum Gasteiger partial charge on any atom is 0.502 e. The molecule has 0 aliphatic carbocycles. The Morgan fingerprint density at radius 2 is 1.40 bits per heavy atom. The zero-order valence-corrected chi connectivity index (χ0v) is 11.6. The lowest BCUT2D eigenvalue weighted by Crippen LogP contribution is -2.49. The van der Waals surface area contributed by atoms with E-state index in [-0.39, 0.29) is 0 Å². The molecule has 0 heterocycles. The van der Waals surface area contributed by atoms with Gasteiger partial charge in [0.25, 0.3) is 0 Å². The van der Waals surface area contributed by atoms with Gasteiger partial charge in [0.2, 0.25) is 0 Å². The third-order valence-corrected chi connectivity index (χ3v) is 5.44. The van der Waals surface area contributed by atoms with Crippen LogP contribution in [0.2, 0.25) is 6.04 Å². The summed E-state index contributed by atoms with van der Waals surface area (Å²) in [5.41, 5.74) is 0. The van der Waals surface area contributed by atoms with Crippen molar-refractivity contribution in [2.75, 3.05) is 26.9 Å². The van der Waals surface area contributed by atoms with Gasteiger partial charge in [-0.2, -0.15) is 0 Å². The normalized spacial score (nSPS) is 14.2. The highest BCUT2D eigenvalue weighted by molar-refractivity contribution is 6.60. The molecule has 0 aromatic carbocycles. The second-order valence-electron chi connectivity index (χ2n) is 3.38. The molecule has 92 valence electrons. The van der Waals surface area contributed by atoms with Gasteiger partial charge in [0.1, 0.15) is 0 Å². The first kappa shape index (κ1) is 15.1. The van der Waals surface area contributed by atoms with Crippen LogP contribution in [-0.4, -0.2) is 41.7 Å². The summed E-state index contributed by atoms with van der Waals surface area (Å²) in [6.45, 7) is 9.96. The molecule has 1 N–H and O–H groups in total. The standard InChI is InChI=1S/C10H25NO3Si/c1-6-12-15(13-7-2,14-8-3)9-10(4)11-5/h10-11H,6-9H2,1-5H3. The molecule has 0 radical (unpaired) electrons. The minimum absolute atomic E-state index is 0.348. The molecule has 0 aromatic rings. The Hall–Kier alpha value is 0.0569. The van der Waals surface area contributed by atoms with Crippen molar-refractivity contribution >= 4 is 8.80 Å². The Morgan fingerprint density at radius 3 is 1.67 bits per heavy atom. The van der Waals surface area contributed by atoms with Crippen molar-refractivity contribution in [3.8, 4) is 0 Å². The van der Waals surface area contributed by atoms with E-state index in [2.05, 4.69) is 12.2 Å². The van der Waals surface area contributed by atoms with Gasteiger partial charge in [0.15, 0.2) is 0 Å². The minimum Gasteiger partial charge on any atom is -0.374 e. The molecule has 15 heavy (non-hydrogen) atoms. The lowest BCUT2D eigenvalue weighted by Gasteiger charge is -2.30. The van der Waals surface area contributed by atoms with Crippen LogP contribution in [0.5, 0.6) is 0 Å². The fourth-order valence-electron chi connectivity index (χ4n) is 1.44. The van der Waals surface area contributed by atoms with E-state index in [9.17, 15) is 0 Å². The summed E-state index contributed by atoms with van der Waals surface area (Å²) < 4.78 is 17.2. The van der Waals surface area contributed by atoms with Gasteiger partial charge < -0.3 is 18.6 Å². The molecule has 0 spiro atoms. The number of rotatable bonds is 9. The van der Waals surface area contributed by atoms with Gasteiger partial charge in [0.05, 0.1) is 0 Å². The average molecular weight is 235 g/mol. The van der Waals surface area contributed by atoms with Gasteiger partial charge in [-0.3, -0.25) is 0 Å². The first-order valence-electron chi connectivity index (χ1n) is 5.73. The van der Waals surface area contributed by atoms with Crippen molar-refractivity contribution in [1.82, 2.24) is 5.32 Å². The zero-order valence-electron chi connectivity index (χ0n) is 10.6. The van der Waals surface area contributed by atoms with Crippen LogP contribution in [0, 0.1) is 0 Å². The fourth-order valence-corrected chi connectivity index (χ4v) is 4.32. The molecule has 5 heteroatoms. The molecule has 1 unspecified atom stereocenters. The van der Waals surface area contributed by atoms with Crippen LogP contribution in [0.3, 0.4) is 0 Å². The first-order valence-corrected chi connectivity index (χ1v) is 7.66.